The summed E-state index contributed by atoms with van der Waals surface area (Å²) in [5, 5.41) is 0. The largest absolute Gasteiger partial charge is 0.208 e. The summed E-state index contributed by atoms with van der Waals surface area (Å²) in [6.07, 6.45) is 0. The van der Waals surface area contributed by atoms with Gasteiger partial charge in [-0.25, -0.2) is 15.0 Å². The highest BCUT2D eigenvalue weighted by molar-refractivity contribution is 5.77. The third-order valence-electron chi connectivity index (χ3n) is 13.0. The fraction of sp³-hybridized carbons (Fsp3) is 0.381. The molecule has 0 N–H and O–H groups in total. The van der Waals surface area contributed by atoms with Crippen molar-refractivity contribution in [3.8, 4) is 67.5 Å². The third-order valence-corrected chi connectivity index (χ3v) is 13.0. The molecule has 3 heteroatoms. The molecule has 0 atom stereocenters. The van der Waals surface area contributed by atoms with E-state index in [1.54, 1.807) is 0 Å². The van der Waals surface area contributed by atoms with Gasteiger partial charge >= 0.3 is 0 Å². The third kappa shape index (κ3) is 10.9. The van der Waals surface area contributed by atoms with Crippen molar-refractivity contribution in [2.75, 3.05) is 0 Å². The van der Waals surface area contributed by atoms with E-state index in [0.717, 1.165) is 33.4 Å². The number of rotatable bonds is 6. The number of hydrogen-bond acceptors (Lipinski definition) is 3. The maximum atomic E-state index is 5.33. The molecule has 0 bridgehead atoms. The molecule has 0 aliphatic heterocycles. The van der Waals surface area contributed by atoms with Crippen molar-refractivity contribution in [2.24, 2.45) is 0 Å². The van der Waals surface area contributed by atoms with Crippen LogP contribution in [0.15, 0.2) is 127 Å². The van der Waals surface area contributed by atoms with Gasteiger partial charge in [0.1, 0.15) is 0 Å². The van der Waals surface area contributed by atoms with Crippen LogP contribution in [-0.4, -0.2) is 15.0 Å². The highest BCUT2D eigenvalue weighted by Gasteiger charge is 2.25. The predicted octanol–water partition coefficient (Wildman–Crippen LogP) is 17.7. The summed E-state index contributed by atoms with van der Waals surface area (Å²) < 4.78 is 0. The quantitative estimate of drug-likeness (QED) is 0.167. The van der Waals surface area contributed by atoms with Crippen LogP contribution in [-0.2, 0) is 32.5 Å². The van der Waals surface area contributed by atoms with Crippen molar-refractivity contribution in [3.05, 3.63) is 161 Å². The molecule has 0 spiro atoms. The van der Waals surface area contributed by atoms with Crippen LogP contribution >= 0.6 is 0 Å². The lowest BCUT2D eigenvalue weighted by atomic mass is 9.79. The summed E-state index contributed by atoms with van der Waals surface area (Å²) in [7, 11) is 0. The molecule has 7 rings (SSSR count). The van der Waals surface area contributed by atoms with E-state index < -0.39 is 0 Å². The van der Waals surface area contributed by atoms with Crippen LogP contribution < -0.4 is 0 Å². The Morgan fingerprint density at radius 1 is 0.212 bits per heavy atom. The highest BCUT2D eigenvalue weighted by Crippen LogP contribution is 2.39. The molecule has 0 fully saturated rings. The van der Waals surface area contributed by atoms with Gasteiger partial charge in [-0.05, 0) is 117 Å². The molecule has 3 nitrogen and oxygen atoms in total. The van der Waals surface area contributed by atoms with Crippen LogP contribution in [0.4, 0.5) is 0 Å². The van der Waals surface area contributed by atoms with Crippen molar-refractivity contribution in [1.82, 2.24) is 15.0 Å². The molecule has 0 aliphatic rings. The van der Waals surface area contributed by atoms with Gasteiger partial charge in [-0.3, -0.25) is 0 Å². The topological polar surface area (TPSA) is 38.7 Å². The van der Waals surface area contributed by atoms with Gasteiger partial charge < -0.3 is 0 Å². The molecule has 1 aromatic heterocycles. The molecular formula is C63H75N3. The van der Waals surface area contributed by atoms with Crippen LogP contribution in [0.5, 0.6) is 0 Å². The number of nitrogens with zero attached hydrogens (tertiary/aromatic N) is 3. The maximum absolute atomic E-state index is 5.33. The van der Waals surface area contributed by atoms with Crippen LogP contribution in [0.2, 0.25) is 0 Å². The molecular weight excluding hydrogens is 799 g/mol. The van der Waals surface area contributed by atoms with E-state index in [0.29, 0.717) is 17.5 Å². The van der Waals surface area contributed by atoms with Crippen molar-refractivity contribution < 1.29 is 0 Å². The maximum Gasteiger partial charge on any atom is 0.164 e. The molecule has 0 aliphatic carbocycles. The monoisotopic (exact) mass is 874 g/mol. The van der Waals surface area contributed by atoms with Crippen LogP contribution in [0.1, 0.15) is 158 Å². The fourth-order valence-corrected chi connectivity index (χ4v) is 8.26. The number of benzene rings is 6. The normalized spacial score (nSPS) is 13.0. The van der Waals surface area contributed by atoms with Crippen LogP contribution in [0, 0.1) is 0 Å². The van der Waals surface area contributed by atoms with Gasteiger partial charge in [0.2, 0.25) is 0 Å². The summed E-state index contributed by atoms with van der Waals surface area (Å²) >= 11 is 0. The fourth-order valence-electron chi connectivity index (χ4n) is 8.26. The lowest BCUT2D eigenvalue weighted by Crippen LogP contribution is -2.16. The van der Waals surface area contributed by atoms with Gasteiger partial charge in [-0.15, -0.1) is 0 Å². The van der Waals surface area contributed by atoms with E-state index >= 15 is 0 Å². The Balaban J connectivity index is 1.43. The average molecular weight is 874 g/mol. The second-order valence-electron chi connectivity index (χ2n) is 24.9. The lowest BCUT2D eigenvalue weighted by molar-refractivity contribution is 0.568. The smallest absolute Gasteiger partial charge is 0.164 e. The minimum Gasteiger partial charge on any atom is -0.208 e. The van der Waals surface area contributed by atoms with Gasteiger partial charge in [0, 0.05) is 16.7 Å². The van der Waals surface area contributed by atoms with Crippen molar-refractivity contribution >= 4 is 0 Å². The Morgan fingerprint density at radius 3 is 0.576 bits per heavy atom. The molecule has 1 heterocycles. The van der Waals surface area contributed by atoms with E-state index in [1.807, 2.05) is 0 Å². The highest BCUT2D eigenvalue weighted by atomic mass is 15.0. The molecule has 342 valence electrons. The summed E-state index contributed by atoms with van der Waals surface area (Å²) in [5.74, 6) is 1.93. The second-order valence-corrected chi connectivity index (χ2v) is 24.9. The predicted molar refractivity (Wildman–Crippen MR) is 285 cm³/mol. The summed E-state index contributed by atoms with van der Waals surface area (Å²) in [6, 6.07) is 47.5. The molecule has 0 saturated heterocycles. The van der Waals surface area contributed by atoms with Gasteiger partial charge in [-0.2, -0.15) is 0 Å². The summed E-state index contributed by atoms with van der Waals surface area (Å²) in [6.45, 7) is 41.3. The van der Waals surface area contributed by atoms with Crippen LogP contribution in [0.25, 0.3) is 67.5 Å². The second kappa shape index (κ2) is 17.2. The Bertz CT molecular complexity index is 2480. The van der Waals surface area contributed by atoms with Crippen molar-refractivity contribution in [1.29, 1.82) is 0 Å². The van der Waals surface area contributed by atoms with Crippen molar-refractivity contribution in [3.63, 3.8) is 0 Å². The number of aromatic nitrogens is 3. The first-order chi connectivity index (χ1) is 30.4. The zero-order valence-electron chi connectivity index (χ0n) is 43.5. The van der Waals surface area contributed by atoms with E-state index in [2.05, 4.69) is 252 Å². The Labute approximate surface area is 398 Å². The molecule has 7 aromatic rings. The Kier molecular flexibility index (Phi) is 12.6. The van der Waals surface area contributed by atoms with Gasteiger partial charge in [-0.1, -0.05) is 234 Å². The molecule has 66 heavy (non-hydrogen) atoms. The zero-order chi connectivity index (χ0) is 48.4. The lowest BCUT2D eigenvalue weighted by Gasteiger charge is -2.26. The molecule has 0 radical (unpaired) electrons. The standard InChI is InChI=1S/C63H75N3/c1-58(2,3)49-31-46(32-50(37-49)59(4,5)6)40-22-19-25-43(28-40)55-64-56(44-26-20-23-41(29-44)47-33-51(60(7,8)9)38-52(34-47)61(10,11)12)66-57(65-55)45-27-21-24-42(30-45)48-35-53(62(13,14)15)39-54(36-48)63(16,17)18/h19-39H,1-18H3. The first kappa shape index (κ1) is 48.3. The zero-order valence-corrected chi connectivity index (χ0v) is 43.5. The van der Waals surface area contributed by atoms with Crippen molar-refractivity contribution in [2.45, 2.75) is 157 Å². The molecule has 6 aromatic carbocycles. The molecule has 0 saturated carbocycles. The van der Waals surface area contributed by atoms with Gasteiger partial charge in [0.15, 0.2) is 17.5 Å². The minimum atomic E-state index is -0.000538. The van der Waals surface area contributed by atoms with Gasteiger partial charge in [0.25, 0.3) is 0 Å². The Hall–Kier alpha value is -5.67. The summed E-state index contributed by atoms with van der Waals surface area (Å²) in [5.41, 5.74) is 17.8. The molecule has 0 unspecified atom stereocenters. The Morgan fingerprint density at radius 2 is 0.394 bits per heavy atom. The molecule has 0 amide bonds. The SMILES string of the molecule is CC(C)(C)c1cc(-c2cccc(-c3nc(-c4cccc(-c5cc(C(C)(C)C)cc(C(C)(C)C)c5)c4)nc(-c4cccc(-c5cc(C(C)(C)C)cc(C(C)(C)C)c5)c4)n3)c2)cc(C(C)(C)C)c1. The summed E-state index contributed by atoms with van der Waals surface area (Å²) in [4.78, 5) is 16.0. The van der Waals surface area contributed by atoms with E-state index in [-0.39, 0.29) is 32.5 Å². The van der Waals surface area contributed by atoms with E-state index in [1.165, 1.54) is 50.1 Å². The number of hydrogen-bond donors (Lipinski definition) is 0. The van der Waals surface area contributed by atoms with E-state index in [4.69, 9.17) is 15.0 Å². The first-order valence-corrected chi connectivity index (χ1v) is 24.0. The first-order valence-electron chi connectivity index (χ1n) is 24.0. The average Bonchev–Trinajstić information content (AvgIpc) is 3.24. The van der Waals surface area contributed by atoms with Gasteiger partial charge in [0.05, 0.1) is 0 Å². The van der Waals surface area contributed by atoms with Crippen LogP contribution in [0.3, 0.4) is 0 Å². The van der Waals surface area contributed by atoms with E-state index in [9.17, 15) is 0 Å². The minimum absolute atomic E-state index is 0.000538.